The van der Waals surface area contributed by atoms with Crippen molar-refractivity contribution in [2.45, 2.75) is 33.1 Å². The molecule has 2 heteroatoms. The van der Waals surface area contributed by atoms with E-state index in [9.17, 15) is 0 Å². The summed E-state index contributed by atoms with van der Waals surface area (Å²) in [7, 11) is 0. The molecule has 0 radical (unpaired) electrons. The molecule has 0 unspecified atom stereocenters. The SMILES string of the molecule is CCCCc1cc(-c2ccccc2)nc(C)n1. The second-order valence-electron chi connectivity index (χ2n) is 4.26. The Morgan fingerprint density at radius 1 is 1.06 bits per heavy atom. The Morgan fingerprint density at radius 3 is 2.53 bits per heavy atom. The highest BCUT2D eigenvalue weighted by Gasteiger charge is 2.03. The van der Waals surface area contributed by atoms with Crippen LogP contribution in [-0.2, 0) is 6.42 Å². The Hall–Kier alpha value is -1.70. The molecule has 2 aromatic rings. The van der Waals surface area contributed by atoms with E-state index in [-0.39, 0.29) is 0 Å². The lowest BCUT2D eigenvalue weighted by molar-refractivity contribution is 0.768. The summed E-state index contributed by atoms with van der Waals surface area (Å²) in [5.41, 5.74) is 3.35. The van der Waals surface area contributed by atoms with Crippen LogP contribution in [-0.4, -0.2) is 9.97 Å². The quantitative estimate of drug-likeness (QED) is 0.792. The van der Waals surface area contributed by atoms with Crippen LogP contribution in [0.1, 0.15) is 31.3 Å². The van der Waals surface area contributed by atoms with Crippen molar-refractivity contribution in [1.82, 2.24) is 9.97 Å². The highest BCUT2D eigenvalue weighted by Crippen LogP contribution is 2.18. The summed E-state index contributed by atoms with van der Waals surface area (Å²) >= 11 is 0. The molecule has 0 amide bonds. The van der Waals surface area contributed by atoms with Crippen molar-refractivity contribution in [3.63, 3.8) is 0 Å². The van der Waals surface area contributed by atoms with Crippen LogP contribution in [0.5, 0.6) is 0 Å². The van der Waals surface area contributed by atoms with Gasteiger partial charge in [-0.1, -0.05) is 43.7 Å². The van der Waals surface area contributed by atoms with Crippen LogP contribution in [0.2, 0.25) is 0 Å². The van der Waals surface area contributed by atoms with Crippen molar-refractivity contribution >= 4 is 0 Å². The molecular weight excluding hydrogens is 208 g/mol. The van der Waals surface area contributed by atoms with Crippen LogP contribution < -0.4 is 0 Å². The molecule has 0 aliphatic carbocycles. The molecule has 0 atom stereocenters. The summed E-state index contributed by atoms with van der Waals surface area (Å²) in [6.07, 6.45) is 3.42. The third kappa shape index (κ3) is 3.13. The molecule has 17 heavy (non-hydrogen) atoms. The van der Waals surface area contributed by atoms with Crippen molar-refractivity contribution < 1.29 is 0 Å². The van der Waals surface area contributed by atoms with Gasteiger partial charge in [0.2, 0.25) is 0 Å². The standard InChI is InChI=1S/C15H18N2/c1-3-4-10-14-11-15(17-12(2)16-14)13-8-6-5-7-9-13/h5-9,11H,3-4,10H2,1-2H3. The molecule has 0 fully saturated rings. The first kappa shape index (κ1) is 11.8. The summed E-state index contributed by atoms with van der Waals surface area (Å²) in [6, 6.07) is 12.4. The maximum absolute atomic E-state index is 4.50. The van der Waals surface area contributed by atoms with Crippen molar-refractivity contribution in [3.05, 3.63) is 47.9 Å². The van der Waals surface area contributed by atoms with Crippen LogP contribution in [0.15, 0.2) is 36.4 Å². The third-order valence-corrected chi connectivity index (χ3v) is 2.75. The second kappa shape index (κ2) is 5.58. The number of hydrogen-bond donors (Lipinski definition) is 0. The van der Waals surface area contributed by atoms with Gasteiger partial charge in [0.15, 0.2) is 0 Å². The number of rotatable bonds is 4. The van der Waals surface area contributed by atoms with Gasteiger partial charge in [0, 0.05) is 11.3 Å². The van der Waals surface area contributed by atoms with Gasteiger partial charge >= 0.3 is 0 Å². The Labute approximate surface area is 103 Å². The first-order chi connectivity index (χ1) is 8.29. The Kier molecular flexibility index (Phi) is 3.86. The highest BCUT2D eigenvalue weighted by atomic mass is 14.9. The second-order valence-corrected chi connectivity index (χ2v) is 4.26. The molecule has 2 nitrogen and oxygen atoms in total. The highest BCUT2D eigenvalue weighted by molar-refractivity contribution is 5.59. The lowest BCUT2D eigenvalue weighted by Gasteiger charge is -2.05. The molecule has 88 valence electrons. The average molecular weight is 226 g/mol. The van der Waals surface area contributed by atoms with Gasteiger partial charge in [-0.05, 0) is 25.8 Å². The zero-order valence-corrected chi connectivity index (χ0v) is 10.5. The summed E-state index contributed by atoms with van der Waals surface area (Å²) in [5, 5.41) is 0. The average Bonchev–Trinajstić information content (AvgIpc) is 2.37. The molecule has 0 N–H and O–H groups in total. The number of benzene rings is 1. The minimum absolute atomic E-state index is 0.859. The normalized spacial score (nSPS) is 10.5. The van der Waals surface area contributed by atoms with E-state index in [0.29, 0.717) is 0 Å². The van der Waals surface area contributed by atoms with Gasteiger partial charge in [-0.3, -0.25) is 0 Å². The van der Waals surface area contributed by atoms with Gasteiger partial charge in [-0.25, -0.2) is 9.97 Å². The molecule has 0 aliphatic heterocycles. The van der Waals surface area contributed by atoms with E-state index >= 15 is 0 Å². The van der Waals surface area contributed by atoms with Gasteiger partial charge in [0.25, 0.3) is 0 Å². The fourth-order valence-electron chi connectivity index (χ4n) is 1.87. The van der Waals surface area contributed by atoms with Crippen LogP contribution >= 0.6 is 0 Å². The van der Waals surface area contributed by atoms with E-state index in [2.05, 4.69) is 35.1 Å². The maximum Gasteiger partial charge on any atom is 0.126 e. The van der Waals surface area contributed by atoms with Gasteiger partial charge in [0.05, 0.1) is 5.69 Å². The lowest BCUT2D eigenvalue weighted by Crippen LogP contribution is -1.97. The van der Waals surface area contributed by atoms with E-state index in [4.69, 9.17) is 0 Å². The Morgan fingerprint density at radius 2 is 1.82 bits per heavy atom. The van der Waals surface area contributed by atoms with Crippen LogP contribution in [0.4, 0.5) is 0 Å². The van der Waals surface area contributed by atoms with E-state index in [1.54, 1.807) is 0 Å². The molecule has 1 aromatic heterocycles. The zero-order valence-electron chi connectivity index (χ0n) is 10.5. The lowest BCUT2D eigenvalue weighted by atomic mass is 10.1. The maximum atomic E-state index is 4.50. The first-order valence-electron chi connectivity index (χ1n) is 6.19. The fourth-order valence-corrected chi connectivity index (χ4v) is 1.87. The predicted octanol–water partition coefficient (Wildman–Crippen LogP) is 3.79. The van der Waals surface area contributed by atoms with Gasteiger partial charge < -0.3 is 0 Å². The van der Waals surface area contributed by atoms with Crippen molar-refractivity contribution in [1.29, 1.82) is 0 Å². The molecule has 0 saturated heterocycles. The van der Waals surface area contributed by atoms with Gasteiger partial charge in [-0.15, -0.1) is 0 Å². The van der Waals surface area contributed by atoms with Crippen LogP contribution in [0.3, 0.4) is 0 Å². The largest absolute Gasteiger partial charge is 0.238 e. The van der Waals surface area contributed by atoms with Crippen molar-refractivity contribution in [2.75, 3.05) is 0 Å². The third-order valence-electron chi connectivity index (χ3n) is 2.75. The summed E-state index contributed by atoms with van der Waals surface area (Å²) in [6.45, 7) is 4.16. The molecular formula is C15H18N2. The molecule has 2 rings (SSSR count). The zero-order chi connectivity index (χ0) is 12.1. The smallest absolute Gasteiger partial charge is 0.126 e. The Bertz CT molecular complexity index is 478. The summed E-state index contributed by atoms with van der Waals surface area (Å²) in [5.74, 6) is 0.859. The number of aromatic nitrogens is 2. The number of nitrogens with zero attached hydrogens (tertiary/aromatic N) is 2. The van der Waals surface area contributed by atoms with E-state index in [1.807, 2.05) is 25.1 Å². The minimum atomic E-state index is 0.859. The van der Waals surface area contributed by atoms with Crippen LogP contribution in [0.25, 0.3) is 11.3 Å². The molecule has 0 saturated carbocycles. The predicted molar refractivity (Wildman–Crippen MR) is 70.8 cm³/mol. The minimum Gasteiger partial charge on any atom is -0.238 e. The Balaban J connectivity index is 2.32. The van der Waals surface area contributed by atoms with Gasteiger partial charge in [0.1, 0.15) is 5.82 Å². The topological polar surface area (TPSA) is 25.8 Å². The number of aryl methyl sites for hydroxylation is 2. The van der Waals surface area contributed by atoms with Crippen LogP contribution in [0, 0.1) is 6.92 Å². The molecule has 0 aliphatic rings. The monoisotopic (exact) mass is 226 g/mol. The molecule has 1 heterocycles. The van der Waals surface area contributed by atoms with E-state index in [1.165, 1.54) is 12.8 Å². The molecule has 0 spiro atoms. The van der Waals surface area contributed by atoms with E-state index in [0.717, 1.165) is 29.2 Å². The summed E-state index contributed by atoms with van der Waals surface area (Å²) < 4.78 is 0. The number of hydrogen-bond acceptors (Lipinski definition) is 2. The number of unbranched alkanes of at least 4 members (excludes halogenated alkanes) is 1. The van der Waals surface area contributed by atoms with Crippen molar-refractivity contribution in [3.8, 4) is 11.3 Å². The van der Waals surface area contributed by atoms with E-state index < -0.39 is 0 Å². The molecule has 1 aromatic carbocycles. The summed E-state index contributed by atoms with van der Waals surface area (Å²) in [4.78, 5) is 8.99. The van der Waals surface area contributed by atoms with Crippen molar-refractivity contribution in [2.24, 2.45) is 0 Å². The fraction of sp³-hybridized carbons (Fsp3) is 0.333. The first-order valence-corrected chi connectivity index (χ1v) is 6.19. The molecule has 0 bridgehead atoms. The van der Waals surface area contributed by atoms with Gasteiger partial charge in [-0.2, -0.15) is 0 Å².